The second-order valence-electron chi connectivity index (χ2n) is 4.47. The molecule has 0 N–H and O–H groups in total. The summed E-state index contributed by atoms with van der Waals surface area (Å²) in [5, 5.41) is 10.4. The van der Waals surface area contributed by atoms with E-state index in [0.29, 0.717) is 0 Å². The van der Waals surface area contributed by atoms with Crippen molar-refractivity contribution >= 4 is 27.7 Å². The molecular formula is C17H16BrNS. The van der Waals surface area contributed by atoms with Crippen molar-refractivity contribution in [2.75, 3.05) is 5.33 Å². The Morgan fingerprint density at radius 1 is 1.05 bits per heavy atom. The number of rotatable bonds is 6. The summed E-state index contributed by atoms with van der Waals surface area (Å²) >= 11 is 5.17. The molecule has 0 spiro atoms. The van der Waals surface area contributed by atoms with Crippen molar-refractivity contribution in [1.29, 1.82) is 5.26 Å². The van der Waals surface area contributed by atoms with Crippen LogP contribution in [-0.4, -0.2) is 5.33 Å². The fraction of sp³-hybridized carbons (Fsp3) is 0.235. The van der Waals surface area contributed by atoms with Crippen LogP contribution in [0.2, 0.25) is 0 Å². The van der Waals surface area contributed by atoms with Crippen LogP contribution < -0.4 is 0 Å². The van der Waals surface area contributed by atoms with Crippen LogP contribution in [-0.2, 0) is 0 Å². The Kier molecular flexibility index (Phi) is 6.17. The molecule has 0 saturated heterocycles. The van der Waals surface area contributed by atoms with Gasteiger partial charge in [0.25, 0.3) is 0 Å². The van der Waals surface area contributed by atoms with Crippen molar-refractivity contribution in [2.24, 2.45) is 0 Å². The van der Waals surface area contributed by atoms with Crippen molar-refractivity contribution in [2.45, 2.75) is 28.6 Å². The molecule has 0 radical (unpaired) electrons. The minimum Gasteiger partial charge on any atom is -0.198 e. The van der Waals surface area contributed by atoms with E-state index in [0.717, 1.165) is 23.7 Å². The van der Waals surface area contributed by atoms with E-state index in [1.165, 1.54) is 9.79 Å². The number of hydrogen-bond acceptors (Lipinski definition) is 2. The molecule has 0 aromatic heterocycles. The van der Waals surface area contributed by atoms with Gasteiger partial charge in [0, 0.05) is 15.1 Å². The molecule has 0 aliphatic heterocycles. The van der Waals surface area contributed by atoms with E-state index in [9.17, 15) is 5.26 Å². The maximum atomic E-state index is 9.42. The summed E-state index contributed by atoms with van der Waals surface area (Å²) in [6.45, 7) is 0. The Morgan fingerprint density at radius 3 is 2.45 bits per heavy atom. The largest absolute Gasteiger partial charge is 0.198 e. The lowest BCUT2D eigenvalue weighted by atomic mass is 9.96. The Hall–Kier alpha value is -1.24. The standard InChI is InChI=1S/C17H16BrNS/c18-12-6-7-14(13-19)16-10-4-5-11-17(16)20-15-8-2-1-3-9-15/h1-5,8-11,14H,6-7,12H2/t14-/m1/s1. The minimum atomic E-state index is -0.0278. The van der Waals surface area contributed by atoms with Crippen LogP contribution in [0.25, 0.3) is 0 Å². The number of hydrogen-bond donors (Lipinski definition) is 0. The van der Waals surface area contributed by atoms with Crippen molar-refractivity contribution < 1.29 is 0 Å². The monoisotopic (exact) mass is 345 g/mol. The third kappa shape index (κ3) is 4.13. The third-order valence-electron chi connectivity index (χ3n) is 3.05. The Labute approximate surface area is 133 Å². The Balaban J connectivity index is 2.23. The Morgan fingerprint density at radius 2 is 1.75 bits per heavy atom. The molecule has 2 rings (SSSR count). The van der Waals surface area contributed by atoms with Gasteiger partial charge < -0.3 is 0 Å². The van der Waals surface area contributed by atoms with E-state index in [1.807, 2.05) is 30.3 Å². The van der Waals surface area contributed by atoms with Crippen LogP contribution in [0.3, 0.4) is 0 Å². The molecule has 0 heterocycles. The first kappa shape index (κ1) is 15.2. The van der Waals surface area contributed by atoms with Gasteiger partial charge in [-0.3, -0.25) is 0 Å². The van der Waals surface area contributed by atoms with Gasteiger partial charge in [0.15, 0.2) is 0 Å². The summed E-state index contributed by atoms with van der Waals surface area (Å²) in [5.74, 6) is -0.0278. The van der Waals surface area contributed by atoms with Gasteiger partial charge in [0.1, 0.15) is 0 Å². The lowest BCUT2D eigenvalue weighted by Crippen LogP contribution is -1.98. The highest BCUT2D eigenvalue weighted by molar-refractivity contribution is 9.09. The summed E-state index contributed by atoms with van der Waals surface area (Å²) in [6.07, 6.45) is 1.91. The third-order valence-corrected chi connectivity index (χ3v) is 4.71. The van der Waals surface area contributed by atoms with Crippen molar-refractivity contribution in [3.05, 3.63) is 60.2 Å². The molecule has 0 fully saturated rings. The summed E-state index contributed by atoms with van der Waals surface area (Å²) in [6, 6.07) is 21.0. The van der Waals surface area contributed by atoms with Gasteiger partial charge in [-0.15, -0.1) is 0 Å². The van der Waals surface area contributed by atoms with Crippen LogP contribution in [0.4, 0.5) is 0 Å². The summed E-state index contributed by atoms with van der Waals surface area (Å²) in [7, 11) is 0. The number of alkyl halides is 1. The number of benzene rings is 2. The highest BCUT2D eigenvalue weighted by atomic mass is 79.9. The van der Waals surface area contributed by atoms with Crippen molar-refractivity contribution in [3.8, 4) is 6.07 Å². The van der Waals surface area contributed by atoms with Gasteiger partial charge in [0.05, 0.1) is 12.0 Å². The molecule has 3 heteroatoms. The predicted octanol–water partition coefficient (Wildman–Crippen LogP) is 5.62. The molecule has 0 bridgehead atoms. The number of nitrogens with zero attached hydrogens (tertiary/aromatic N) is 1. The second-order valence-corrected chi connectivity index (χ2v) is 6.37. The first-order chi connectivity index (χ1) is 9.85. The maximum Gasteiger partial charge on any atom is 0.0724 e. The highest BCUT2D eigenvalue weighted by Crippen LogP contribution is 2.35. The topological polar surface area (TPSA) is 23.8 Å². The fourth-order valence-corrected chi connectivity index (χ4v) is 3.39. The molecule has 1 nitrogen and oxygen atoms in total. The summed E-state index contributed by atoms with van der Waals surface area (Å²) < 4.78 is 0. The minimum absolute atomic E-state index is 0.0278. The predicted molar refractivity (Wildman–Crippen MR) is 88.4 cm³/mol. The van der Waals surface area contributed by atoms with Gasteiger partial charge in [-0.2, -0.15) is 5.26 Å². The molecule has 20 heavy (non-hydrogen) atoms. The lowest BCUT2D eigenvalue weighted by molar-refractivity contribution is 0.724. The molecule has 0 aliphatic rings. The molecule has 0 aliphatic carbocycles. The van der Waals surface area contributed by atoms with Gasteiger partial charge in [-0.05, 0) is 36.6 Å². The van der Waals surface area contributed by atoms with Crippen LogP contribution >= 0.6 is 27.7 Å². The van der Waals surface area contributed by atoms with E-state index in [-0.39, 0.29) is 5.92 Å². The summed E-state index contributed by atoms with van der Waals surface area (Å²) in [4.78, 5) is 2.39. The van der Waals surface area contributed by atoms with Crippen LogP contribution in [0, 0.1) is 11.3 Å². The van der Waals surface area contributed by atoms with E-state index in [1.54, 1.807) is 11.8 Å². The van der Waals surface area contributed by atoms with Crippen molar-refractivity contribution in [1.82, 2.24) is 0 Å². The zero-order valence-electron chi connectivity index (χ0n) is 11.1. The lowest BCUT2D eigenvalue weighted by Gasteiger charge is -2.13. The first-order valence-corrected chi connectivity index (χ1v) is 8.56. The zero-order chi connectivity index (χ0) is 14.2. The SMILES string of the molecule is N#C[C@@H](CCCBr)c1ccccc1Sc1ccccc1. The van der Waals surface area contributed by atoms with Crippen LogP contribution in [0.1, 0.15) is 24.3 Å². The van der Waals surface area contributed by atoms with Crippen LogP contribution in [0.5, 0.6) is 0 Å². The van der Waals surface area contributed by atoms with Gasteiger partial charge in [-0.1, -0.05) is 64.1 Å². The normalized spacial score (nSPS) is 11.8. The molecule has 102 valence electrons. The molecular weight excluding hydrogens is 330 g/mol. The van der Waals surface area contributed by atoms with E-state index >= 15 is 0 Å². The maximum absolute atomic E-state index is 9.42. The van der Waals surface area contributed by atoms with E-state index < -0.39 is 0 Å². The molecule has 0 amide bonds. The number of halogens is 1. The molecule has 2 aromatic rings. The van der Waals surface area contributed by atoms with E-state index in [4.69, 9.17) is 0 Å². The molecule has 2 aromatic carbocycles. The smallest absolute Gasteiger partial charge is 0.0724 e. The molecule has 0 saturated carbocycles. The fourth-order valence-electron chi connectivity index (χ4n) is 2.05. The molecule has 1 atom stereocenters. The average Bonchev–Trinajstić information content (AvgIpc) is 2.50. The van der Waals surface area contributed by atoms with Crippen LogP contribution in [0.15, 0.2) is 64.4 Å². The second kappa shape index (κ2) is 8.14. The highest BCUT2D eigenvalue weighted by Gasteiger charge is 2.14. The van der Waals surface area contributed by atoms with Gasteiger partial charge in [0.2, 0.25) is 0 Å². The quantitative estimate of drug-likeness (QED) is 0.634. The zero-order valence-corrected chi connectivity index (χ0v) is 13.5. The Bertz CT molecular complexity index is 577. The first-order valence-electron chi connectivity index (χ1n) is 6.62. The summed E-state index contributed by atoms with van der Waals surface area (Å²) in [5.41, 5.74) is 1.14. The molecule has 0 unspecified atom stereocenters. The van der Waals surface area contributed by atoms with Gasteiger partial charge in [-0.25, -0.2) is 0 Å². The van der Waals surface area contributed by atoms with E-state index in [2.05, 4.69) is 46.3 Å². The average molecular weight is 346 g/mol. The van der Waals surface area contributed by atoms with Gasteiger partial charge >= 0.3 is 0 Å². The number of nitriles is 1. The van der Waals surface area contributed by atoms with Crippen molar-refractivity contribution in [3.63, 3.8) is 0 Å².